The lowest BCUT2D eigenvalue weighted by Crippen LogP contribution is -2.11. The van der Waals surface area contributed by atoms with E-state index in [-0.39, 0.29) is 0 Å². The van der Waals surface area contributed by atoms with Crippen LogP contribution in [0.3, 0.4) is 0 Å². The molecule has 0 saturated heterocycles. The third-order valence-corrected chi connectivity index (χ3v) is 3.22. The molecular weight excluding hydrogens is 238 g/mol. The Morgan fingerprint density at radius 1 is 1.53 bits per heavy atom. The van der Waals surface area contributed by atoms with Crippen LogP contribution in [0.4, 0.5) is 5.95 Å². The van der Waals surface area contributed by atoms with E-state index in [0.717, 1.165) is 44.2 Å². The van der Waals surface area contributed by atoms with Crippen LogP contribution >= 0.6 is 0 Å². The van der Waals surface area contributed by atoms with Crippen molar-refractivity contribution in [2.24, 2.45) is 0 Å². The van der Waals surface area contributed by atoms with Crippen LogP contribution in [-0.2, 0) is 22.1 Å². The zero-order chi connectivity index (χ0) is 12.5. The van der Waals surface area contributed by atoms with Crippen LogP contribution in [0.1, 0.15) is 12.8 Å². The average molecular weight is 259 g/mol. The molecule has 1 aromatic heterocycles. The van der Waals surface area contributed by atoms with Gasteiger partial charge in [-0.25, -0.2) is 4.98 Å². The molecule has 0 fully saturated rings. The summed E-state index contributed by atoms with van der Waals surface area (Å²) in [6.07, 6.45) is 7.32. The van der Waals surface area contributed by atoms with E-state index in [2.05, 4.69) is 14.9 Å². The number of hydrogen-bond donors (Lipinski definition) is 1. The van der Waals surface area contributed by atoms with Gasteiger partial charge in [0.2, 0.25) is 5.95 Å². The van der Waals surface area contributed by atoms with Crippen LogP contribution in [0.15, 0.2) is 12.4 Å². The largest absolute Gasteiger partial charge is 0.385 e. The molecule has 0 bridgehead atoms. The van der Waals surface area contributed by atoms with Gasteiger partial charge >= 0.3 is 0 Å². The lowest BCUT2D eigenvalue weighted by Gasteiger charge is -2.09. The molecule has 0 radical (unpaired) electrons. The number of aryl methyl sites for hydroxylation is 1. The smallest absolute Gasteiger partial charge is 0.202 e. The molecule has 0 aromatic carbocycles. The Balaban J connectivity index is 2.29. The molecule has 1 heterocycles. The third-order valence-electron chi connectivity index (χ3n) is 2.35. The van der Waals surface area contributed by atoms with Gasteiger partial charge in [-0.15, -0.1) is 0 Å². The quantitative estimate of drug-likeness (QED) is 0.675. The number of nitrogens with zero attached hydrogens (tertiary/aromatic N) is 2. The van der Waals surface area contributed by atoms with Gasteiger partial charge in [0.05, 0.1) is 0 Å². The van der Waals surface area contributed by atoms with Crippen molar-refractivity contribution >= 4 is 16.7 Å². The Bertz CT molecular complexity index is 341. The molecule has 5 nitrogen and oxygen atoms in total. The van der Waals surface area contributed by atoms with Crippen molar-refractivity contribution in [3.63, 3.8) is 0 Å². The topological polar surface area (TPSA) is 56.1 Å². The first kappa shape index (κ1) is 14.2. The molecule has 0 aliphatic heterocycles. The zero-order valence-electron chi connectivity index (χ0n) is 10.5. The van der Waals surface area contributed by atoms with Crippen LogP contribution in [0.5, 0.6) is 0 Å². The monoisotopic (exact) mass is 259 g/mol. The molecule has 1 atom stereocenters. The summed E-state index contributed by atoms with van der Waals surface area (Å²) in [6.45, 7) is 2.46. The Hall–Kier alpha value is -0.880. The van der Waals surface area contributed by atoms with Gasteiger partial charge in [0, 0.05) is 62.0 Å². The Morgan fingerprint density at radius 2 is 2.35 bits per heavy atom. The molecule has 6 heteroatoms. The molecule has 0 aliphatic rings. The highest BCUT2D eigenvalue weighted by Gasteiger charge is 2.01. The Labute approximate surface area is 105 Å². The molecule has 1 aromatic rings. The van der Waals surface area contributed by atoms with Gasteiger partial charge in [-0.05, 0) is 12.8 Å². The maximum atomic E-state index is 11.0. The SMILES string of the molecule is COCCCNc1nccn1CCCS(C)=O. The number of nitrogens with one attached hydrogen (secondary N) is 1. The number of methoxy groups -OCH3 is 1. The van der Waals surface area contributed by atoms with Gasteiger partial charge in [-0.3, -0.25) is 4.21 Å². The predicted octanol–water partition coefficient (Wildman–Crippen LogP) is 1.10. The average Bonchev–Trinajstić information content (AvgIpc) is 2.72. The fraction of sp³-hybridized carbons (Fsp3) is 0.727. The number of aromatic nitrogens is 2. The molecule has 1 rings (SSSR count). The van der Waals surface area contributed by atoms with Crippen molar-refractivity contribution in [1.82, 2.24) is 9.55 Å². The molecule has 98 valence electrons. The van der Waals surface area contributed by atoms with Crippen LogP contribution < -0.4 is 5.32 Å². The van der Waals surface area contributed by atoms with Gasteiger partial charge in [-0.1, -0.05) is 0 Å². The Kier molecular flexibility index (Phi) is 6.88. The van der Waals surface area contributed by atoms with Crippen molar-refractivity contribution in [3.05, 3.63) is 12.4 Å². The molecule has 1 N–H and O–H groups in total. The van der Waals surface area contributed by atoms with E-state index in [9.17, 15) is 4.21 Å². The second-order valence-corrected chi connectivity index (χ2v) is 5.40. The summed E-state index contributed by atoms with van der Waals surface area (Å²) in [7, 11) is 0.988. The molecular formula is C11H21N3O2S. The fourth-order valence-corrected chi connectivity index (χ4v) is 2.05. The highest BCUT2D eigenvalue weighted by atomic mass is 32.2. The van der Waals surface area contributed by atoms with E-state index in [1.165, 1.54) is 0 Å². The normalized spacial score (nSPS) is 12.6. The number of ether oxygens (including phenoxy) is 1. The van der Waals surface area contributed by atoms with Crippen molar-refractivity contribution < 1.29 is 8.95 Å². The van der Waals surface area contributed by atoms with Crippen molar-refractivity contribution in [2.75, 3.05) is 37.6 Å². The van der Waals surface area contributed by atoms with Gasteiger partial charge < -0.3 is 14.6 Å². The number of rotatable bonds is 9. The second kappa shape index (κ2) is 8.25. The lowest BCUT2D eigenvalue weighted by atomic mass is 10.4. The minimum atomic E-state index is -0.712. The molecule has 1 unspecified atom stereocenters. The van der Waals surface area contributed by atoms with E-state index >= 15 is 0 Å². The molecule has 0 aliphatic carbocycles. The lowest BCUT2D eigenvalue weighted by molar-refractivity contribution is 0.197. The number of anilines is 1. The van der Waals surface area contributed by atoms with Crippen molar-refractivity contribution in [2.45, 2.75) is 19.4 Å². The summed E-state index contributed by atoms with van der Waals surface area (Å²) in [5.74, 6) is 1.62. The van der Waals surface area contributed by atoms with Gasteiger partial charge in [0.15, 0.2) is 0 Å². The highest BCUT2D eigenvalue weighted by molar-refractivity contribution is 7.84. The standard InChI is InChI=1S/C11H21N3O2S/c1-16-9-3-5-12-11-13-6-8-14(11)7-4-10-17(2)15/h6,8H,3-5,7,9-10H2,1-2H3,(H,12,13). The second-order valence-electron chi connectivity index (χ2n) is 3.85. The summed E-state index contributed by atoms with van der Waals surface area (Å²) in [6, 6.07) is 0. The number of imidazole rings is 1. The fourth-order valence-electron chi connectivity index (χ4n) is 1.51. The number of hydrogen-bond acceptors (Lipinski definition) is 4. The van der Waals surface area contributed by atoms with Crippen LogP contribution in [-0.4, -0.2) is 46.0 Å². The van der Waals surface area contributed by atoms with Crippen molar-refractivity contribution in [3.8, 4) is 0 Å². The summed E-state index contributed by atoms with van der Waals surface area (Å²) in [5, 5.41) is 3.26. The molecule has 0 saturated carbocycles. The van der Waals surface area contributed by atoms with E-state index in [1.54, 1.807) is 19.6 Å². The Morgan fingerprint density at radius 3 is 3.06 bits per heavy atom. The molecule has 0 amide bonds. The van der Waals surface area contributed by atoms with Crippen LogP contribution in [0.25, 0.3) is 0 Å². The summed E-state index contributed by atoms with van der Waals surface area (Å²) in [4.78, 5) is 4.25. The molecule has 0 spiro atoms. The molecule has 17 heavy (non-hydrogen) atoms. The first-order valence-corrected chi connectivity index (χ1v) is 7.50. The van der Waals surface area contributed by atoms with E-state index in [1.807, 2.05) is 6.20 Å². The zero-order valence-corrected chi connectivity index (χ0v) is 11.3. The van der Waals surface area contributed by atoms with E-state index < -0.39 is 10.8 Å². The van der Waals surface area contributed by atoms with Crippen molar-refractivity contribution in [1.29, 1.82) is 0 Å². The minimum Gasteiger partial charge on any atom is -0.385 e. The maximum Gasteiger partial charge on any atom is 0.202 e. The first-order valence-electron chi connectivity index (χ1n) is 5.78. The first-order chi connectivity index (χ1) is 8.24. The van der Waals surface area contributed by atoms with E-state index in [0.29, 0.717) is 0 Å². The summed E-state index contributed by atoms with van der Waals surface area (Å²) >= 11 is 0. The van der Waals surface area contributed by atoms with E-state index in [4.69, 9.17) is 4.74 Å². The van der Waals surface area contributed by atoms with Crippen LogP contribution in [0, 0.1) is 0 Å². The predicted molar refractivity (Wildman–Crippen MR) is 70.8 cm³/mol. The minimum absolute atomic E-state index is 0.712. The van der Waals surface area contributed by atoms with Gasteiger partial charge in [0.1, 0.15) is 0 Å². The summed E-state index contributed by atoms with van der Waals surface area (Å²) in [5.41, 5.74) is 0. The maximum absolute atomic E-state index is 11.0. The van der Waals surface area contributed by atoms with Crippen LogP contribution in [0.2, 0.25) is 0 Å². The van der Waals surface area contributed by atoms with Gasteiger partial charge in [0.25, 0.3) is 0 Å². The highest BCUT2D eigenvalue weighted by Crippen LogP contribution is 2.05. The van der Waals surface area contributed by atoms with Gasteiger partial charge in [-0.2, -0.15) is 0 Å². The third kappa shape index (κ3) is 5.83. The summed E-state index contributed by atoms with van der Waals surface area (Å²) < 4.78 is 18.0.